The number of hydrogen-bond donors (Lipinski definition) is 2. The molecule has 2 unspecified atom stereocenters. The third-order valence-corrected chi connectivity index (χ3v) is 9.05. The number of nitrogens with one attached hydrogen (secondary N) is 2. The maximum absolute atomic E-state index is 13.4. The van der Waals surface area contributed by atoms with Crippen LogP contribution in [0, 0.1) is 13.8 Å². The zero-order chi connectivity index (χ0) is 27.8. The zero-order valence-electron chi connectivity index (χ0n) is 23.9. The number of ether oxygens (including phenoxy) is 3. The highest BCUT2D eigenvalue weighted by molar-refractivity contribution is 5.95. The lowest BCUT2D eigenvalue weighted by molar-refractivity contribution is -0.196. The van der Waals surface area contributed by atoms with Crippen molar-refractivity contribution in [2.24, 2.45) is 0 Å². The van der Waals surface area contributed by atoms with E-state index >= 15 is 0 Å². The van der Waals surface area contributed by atoms with E-state index in [1.54, 1.807) is 0 Å². The van der Waals surface area contributed by atoms with E-state index in [9.17, 15) is 9.59 Å². The number of nitrogens with zero attached hydrogens (tertiary/aromatic N) is 2. The first-order valence-corrected chi connectivity index (χ1v) is 14.9. The molecule has 1 saturated carbocycles. The predicted molar refractivity (Wildman–Crippen MR) is 153 cm³/mol. The van der Waals surface area contributed by atoms with Gasteiger partial charge in [0.15, 0.2) is 0 Å². The third kappa shape index (κ3) is 5.78. The van der Waals surface area contributed by atoms with Gasteiger partial charge in [-0.15, -0.1) is 0 Å². The molecule has 5 heterocycles. The summed E-state index contributed by atoms with van der Waals surface area (Å²) in [5.74, 6) is 0.513. The monoisotopic (exact) mass is 550 g/mol. The van der Waals surface area contributed by atoms with Crippen LogP contribution in [0.15, 0.2) is 29.1 Å². The Morgan fingerprint density at radius 1 is 1.10 bits per heavy atom. The minimum absolute atomic E-state index is 0.141. The van der Waals surface area contributed by atoms with Gasteiger partial charge in [0.05, 0.1) is 12.2 Å². The number of carbonyl (C=O) groups is 1. The van der Waals surface area contributed by atoms with Crippen LogP contribution in [-0.2, 0) is 16.0 Å². The lowest BCUT2D eigenvalue weighted by Crippen LogP contribution is -2.62. The summed E-state index contributed by atoms with van der Waals surface area (Å²) in [6.07, 6.45) is 6.10. The maximum atomic E-state index is 13.4. The Morgan fingerprint density at radius 3 is 2.50 bits per heavy atom. The van der Waals surface area contributed by atoms with Crippen LogP contribution in [-0.4, -0.2) is 79.0 Å². The molecule has 1 aromatic carbocycles. The van der Waals surface area contributed by atoms with Crippen LogP contribution < -0.4 is 20.5 Å². The van der Waals surface area contributed by atoms with Crippen LogP contribution in [0.5, 0.6) is 5.75 Å². The molecule has 0 spiro atoms. The van der Waals surface area contributed by atoms with Gasteiger partial charge in [0.2, 0.25) is 0 Å². The molecule has 9 nitrogen and oxygen atoms in total. The highest BCUT2D eigenvalue weighted by Crippen LogP contribution is 2.37. The van der Waals surface area contributed by atoms with E-state index in [1.165, 1.54) is 6.42 Å². The van der Waals surface area contributed by atoms with Crippen LogP contribution >= 0.6 is 0 Å². The number of aryl methyl sites for hydroxylation is 2. The van der Waals surface area contributed by atoms with E-state index in [1.807, 2.05) is 32.0 Å². The number of aromatic amines is 1. The van der Waals surface area contributed by atoms with Crippen molar-refractivity contribution in [3.63, 3.8) is 0 Å². The molecule has 4 saturated heterocycles. The van der Waals surface area contributed by atoms with Gasteiger partial charge in [-0.25, -0.2) is 0 Å². The molecule has 2 N–H and O–H groups in total. The van der Waals surface area contributed by atoms with Gasteiger partial charge >= 0.3 is 0 Å². The molecule has 2 aromatic rings. The fourth-order valence-electron chi connectivity index (χ4n) is 6.78. The molecule has 1 aliphatic carbocycles. The number of H-pyrrole nitrogens is 1. The number of rotatable bonds is 9. The van der Waals surface area contributed by atoms with Gasteiger partial charge in [-0.2, -0.15) is 0 Å². The Kier molecular flexibility index (Phi) is 7.88. The Labute approximate surface area is 236 Å². The number of morpholine rings is 1. The van der Waals surface area contributed by atoms with Gasteiger partial charge in [-0.1, -0.05) is 0 Å². The fraction of sp³-hybridized carbons (Fsp3) is 0.613. The molecule has 9 heteroatoms. The molecule has 5 aliphatic rings. The molecule has 1 amide bonds. The second kappa shape index (κ2) is 11.5. The lowest BCUT2D eigenvalue weighted by atomic mass is 9.85. The number of pyridine rings is 1. The van der Waals surface area contributed by atoms with Crippen molar-refractivity contribution in [1.82, 2.24) is 15.2 Å². The molecule has 4 aliphatic heterocycles. The summed E-state index contributed by atoms with van der Waals surface area (Å²) >= 11 is 0. The first-order valence-electron chi connectivity index (χ1n) is 14.9. The summed E-state index contributed by atoms with van der Waals surface area (Å²) in [5, 5.41) is 2.98. The van der Waals surface area contributed by atoms with Crippen LogP contribution in [0.4, 0.5) is 5.69 Å². The Morgan fingerprint density at radius 2 is 1.82 bits per heavy atom. The van der Waals surface area contributed by atoms with E-state index in [0.717, 1.165) is 81.2 Å². The van der Waals surface area contributed by atoms with Gasteiger partial charge in [0.1, 0.15) is 11.9 Å². The third-order valence-electron chi connectivity index (χ3n) is 9.05. The largest absolute Gasteiger partial charge is 0.490 e. The summed E-state index contributed by atoms with van der Waals surface area (Å²) in [7, 11) is 0. The summed E-state index contributed by atoms with van der Waals surface area (Å²) in [5.41, 5.74) is 3.63. The zero-order valence-corrected chi connectivity index (χ0v) is 23.9. The minimum Gasteiger partial charge on any atom is -0.490 e. The van der Waals surface area contributed by atoms with Gasteiger partial charge in [0.25, 0.3) is 11.5 Å². The molecule has 2 bridgehead atoms. The first kappa shape index (κ1) is 27.3. The highest BCUT2D eigenvalue weighted by atomic mass is 16.5. The van der Waals surface area contributed by atoms with E-state index in [4.69, 9.17) is 14.2 Å². The van der Waals surface area contributed by atoms with Crippen molar-refractivity contribution in [2.45, 2.75) is 89.8 Å². The molecule has 216 valence electrons. The second-order valence-electron chi connectivity index (χ2n) is 11.9. The van der Waals surface area contributed by atoms with Crippen LogP contribution in [0.2, 0.25) is 0 Å². The van der Waals surface area contributed by atoms with Crippen molar-refractivity contribution in [3.05, 3.63) is 57.0 Å². The average molecular weight is 551 g/mol. The van der Waals surface area contributed by atoms with Crippen molar-refractivity contribution in [2.75, 3.05) is 37.7 Å². The van der Waals surface area contributed by atoms with E-state index in [2.05, 4.69) is 33.1 Å². The van der Waals surface area contributed by atoms with Gasteiger partial charge < -0.3 is 29.4 Å². The normalized spacial score (nSPS) is 26.5. The van der Waals surface area contributed by atoms with Gasteiger partial charge in [-0.05, 0) is 57.4 Å². The van der Waals surface area contributed by atoms with Gasteiger partial charge in [0, 0.05) is 99.3 Å². The number of hydrogen-bond acceptors (Lipinski definition) is 7. The SMILES string of the molecule is CCN(c1cc(OC2CC(N3CC4CC(C3)O4)C2)cc(C(=O)NCc2c(C)cc(C)[nH]c2=O)c1)C1CCOCC1. The maximum Gasteiger partial charge on any atom is 0.253 e. The first-order chi connectivity index (χ1) is 19.4. The Bertz CT molecular complexity index is 1270. The highest BCUT2D eigenvalue weighted by Gasteiger charge is 2.44. The van der Waals surface area contributed by atoms with Crippen LogP contribution in [0.3, 0.4) is 0 Å². The summed E-state index contributed by atoms with van der Waals surface area (Å²) in [6.45, 7) is 10.5. The standard InChI is InChI=1S/C31H42N4O5/c1-4-35(22-5-7-38-8-6-22)24-10-21(30(36)32-16-29-19(2)9-20(3)33-31(29)37)11-25(14-24)39-26-12-23(13-26)34-17-27-15-28(18-34)40-27/h9-11,14,22-23,26-28H,4-8,12-13,15-18H2,1-3H3,(H,32,36)(H,33,37). The van der Waals surface area contributed by atoms with Gasteiger partial charge in [-0.3, -0.25) is 14.5 Å². The number of amides is 1. The summed E-state index contributed by atoms with van der Waals surface area (Å²) in [4.78, 5) is 33.7. The van der Waals surface area contributed by atoms with E-state index in [0.29, 0.717) is 35.4 Å². The van der Waals surface area contributed by atoms with E-state index in [-0.39, 0.29) is 24.1 Å². The molecular formula is C31H42N4O5. The average Bonchev–Trinajstić information content (AvgIpc) is 2.90. The number of anilines is 1. The quantitative estimate of drug-likeness (QED) is 0.495. The second-order valence-corrected chi connectivity index (χ2v) is 11.9. The number of piperidine rings is 1. The number of benzene rings is 1. The molecule has 5 fully saturated rings. The molecule has 1 aromatic heterocycles. The number of carbonyl (C=O) groups excluding carboxylic acids is 1. The smallest absolute Gasteiger partial charge is 0.253 e. The Balaban J connectivity index is 1.18. The molecule has 2 atom stereocenters. The topological polar surface area (TPSA) is 96.1 Å². The lowest BCUT2D eigenvalue weighted by Gasteiger charge is -2.52. The van der Waals surface area contributed by atoms with Crippen molar-refractivity contribution in [3.8, 4) is 5.75 Å². The van der Waals surface area contributed by atoms with Crippen molar-refractivity contribution >= 4 is 11.6 Å². The summed E-state index contributed by atoms with van der Waals surface area (Å²) < 4.78 is 17.9. The van der Waals surface area contributed by atoms with Crippen LogP contribution in [0.1, 0.15) is 66.2 Å². The summed E-state index contributed by atoms with van der Waals surface area (Å²) in [6, 6.07) is 8.72. The molecule has 0 radical (unpaired) electrons. The molecule has 7 rings (SSSR count). The van der Waals surface area contributed by atoms with E-state index < -0.39 is 0 Å². The molecule has 40 heavy (non-hydrogen) atoms. The minimum atomic E-state index is -0.215. The Hall–Kier alpha value is -2.88. The van der Waals surface area contributed by atoms with Crippen molar-refractivity contribution in [1.29, 1.82) is 0 Å². The van der Waals surface area contributed by atoms with Crippen LogP contribution in [0.25, 0.3) is 0 Å². The fourth-order valence-corrected chi connectivity index (χ4v) is 6.78. The molecular weight excluding hydrogens is 508 g/mol. The van der Waals surface area contributed by atoms with Crippen molar-refractivity contribution < 1.29 is 19.0 Å². The number of fused-ring (bicyclic) bond motifs is 2. The number of aromatic nitrogens is 1. The predicted octanol–water partition coefficient (Wildman–Crippen LogP) is 3.31.